The minimum absolute atomic E-state index is 0.114. The zero-order chi connectivity index (χ0) is 16.7. The molecule has 120 valence electrons. The summed E-state index contributed by atoms with van der Waals surface area (Å²) in [6.45, 7) is 0. The molecule has 0 atom stereocenters. The van der Waals surface area contributed by atoms with Crippen LogP contribution in [0.15, 0.2) is 12.1 Å². The van der Waals surface area contributed by atoms with Crippen molar-refractivity contribution in [3.63, 3.8) is 0 Å². The molecule has 9 heteroatoms. The number of nitrogens with zero attached hydrogens (tertiary/aromatic N) is 2. The van der Waals surface area contributed by atoms with Crippen LogP contribution >= 0.6 is 39.1 Å². The van der Waals surface area contributed by atoms with Crippen LogP contribution in [0.3, 0.4) is 0 Å². The van der Waals surface area contributed by atoms with E-state index in [0.717, 1.165) is 13.1 Å². The Hall–Kier alpha value is -0.790. The van der Waals surface area contributed by atoms with Crippen LogP contribution in [0, 0.1) is 5.82 Å². The van der Waals surface area contributed by atoms with Gasteiger partial charge in [-0.15, -0.1) is 0 Å². The first-order valence-electron chi connectivity index (χ1n) is 6.00. The third-order valence-corrected chi connectivity index (χ3v) is 4.12. The molecule has 0 saturated heterocycles. The van der Waals surface area contributed by atoms with E-state index in [2.05, 4.69) is 21.0 Å². The van der Waals surface area contributed by atoms with Crippen LogP contribution in [-0.4, -0.2) is 15.1 Å². The highest BCUT2D eigenvalue weighted by atomic mass is 79.9. The van der Waals surface area contributed by atoms with E-state index < -0.39 is 22.7 Å². The molecule has 0 aliphatic carbocycles. The van der Waals surface area contributed by atoms with E-state index in [0.29, 0.717) is 22.0 Å². The number of alkyl halides is 4. The van der Waals surface area contributed by atoms with E-state index in [1.807, 2.05) is 0 Å². The van der Waals surface area contributed by atoms with Gasteiger partial charge in [0.05, 0.1) is 5.02 Å². The van der Waals surface area contributed by atoms with E-state index in [4.69, 9.17) is 23.2 Å². The first-order valence-corrected chi connectivity index (χ1v) is 7.88. The predicted octanol–water partition coefficient (Wildman–Crippen LogP) is 5.49. The molecule has 2 aromatic rings. The Labute approximate surface area is 142 Å². The number of halogens is 7. The predicted molar refractivity (Wildman–Crippen MR) is 81.1 cm³/mol. The van der Waals surface area contributed by atoms with Crippen LogP contribution in [-0.2, 0) is 19.6 Å². The van der Waals surface area contributed by atoms with Crippen LogP contribution < -0.4 is 0 Å². The Morgan fingerprint density at radius 1 is 1.27 bits per heavy atom. The summed E-state index contributed by atoms with van der Waals surface area (Å²) in [5.41, 5.74) is -0.913. The molecule has 0 radical (unpaired) electrons. The fraction of sp³-hybridized carbons (Fsp3) is 0.308. The minimum Gasteiger partial charge on any atom is -0.262 e. The summed E-state index contributed by atoms with van der Waals surface area (Å²) in [4.78, 5) is 0. The van der Waals surface area contributed by atoms with Crippen molar-refractivity contribution in [3.05, 3.63) is 39.3 Å². The molecule has 2 nitrogen and oxygen atoms in total. The van der Waals surface area contributed by atoms with E-state index >= 15 is 0 Å². The Bertz CT molecular complexity index is 713. The van der Waals surface area contributed by atoms with Crippen LogP contribution in [0.1, 0.15) is 11.3 Å². The Balaban J connectivity index is 2.65. The molecular formula is C13H9BrCl2F4N2. The molecule has 0 unspecified atom stereocenters. The average molecular weight is 420 g/mol. The molecule has 1 aromatic heterocycles. The molecule has 0 aliphatic rings. The number of rotatable bonds is 3. The van der Waals surface area contributed by atoms with Crippen molar-refractivity contribution in [2.24, 2.45) is 7.05 Å². The fourth-order valence-corrected chi connectivity index (χ4v) is 3.09. The molecule has 22 heavy (non-hydrogen) atoms. The third kappa shape index (κ3) is 3.26. The Kier molecular flexibility index (Phi) is 5.09. The summed E-state index contributed by atoms with van der Waals surface area (Å²) in [5, 5.41) is 3.84. The maximum absolute atomic E-state index is 14.1. The second-order valence-electron chi connectivity index (χ2n) is 4.50. The number of aryl methyl sites for hydroxylation is 2. The molecule has 0 N–H and O–H groups in total. The number of aromatic nitrogens is 2. The van der Waals surface area contributed by atoms with Crippen molar-refractivity contribution in [1.82, 2.24) is 9.78 Å². The molecule has 0 aliphatic heterocycles. The van der Waals surface area contributed by atoms with Gasteiger partial charge in [-0.25, -0.2) is 4.39 Å². The van der Waals surface area contributed by atoms with Crippen LogP contribution in [0.25, 0.3) is 11.3 Å². The summed E-state index contributed by atoms with van der Waals surface area (Å²) < 4.78 is 53.5. The van der Waals surface area contributed by atoms with Gasteiger partial charge in [0, 0.05) is 23.0 Å². The lowest BCUT2D eigenvalue weighted by molar-refractivity contribution is -0.143. The highest BCUT2D eigenvalue weighted by molar-refractivity contribution is 9.09. The molecule has 0 spiro atoms. The highest BCUT2D eigenvalue weighted by Gasteiger charge is 2.39. The molecular weight excluding hydrogens is 411 g/mol. The largest absolute Gasteiger partial charge is 0.434 e. The van der Waals surface area contributed by atoms with Crippen molar-refractivity contribution in [1.29, 1.82) is 0 Å². The van der Waals surface area contributed by atoms with Gasteiger partial charge in [0.15, 0.2) is 5.69 Å². The van der Waals surface area contributed by atoms with Gasteiger partial charge >= 0.3 is 6.18 Å². The van der Waals surface area contributed by atoms with Gasteiger partial charge in [0.1, 0.15) is 11.5 Å². The lowest BCUT2D eigenvalue weighted by Crippen LogP contribution is -2.12. The first-order chi connectivity index (χ1) is 10.2. The van der Waals surface area contributed by atoms with Crippen molar-refractivity contribution in [2.75, 3.05) is 5.33 Å². The summed E-state index contributed by atoms with van der Waals surface area (Å²) >= 11 is 14.9. The second kappa shape index (κ2) is 6.37. The number of hydrogen-bond acceptors (Lipinski definition) is 1. The standard InChI is InChI=1S/C13H9BrCl2F4N2/c1-22-12(13(18,19)20)10(16)11(21-22)7-4-6(2-3-14)8(15)5-9(7)17/h4-5H,2-3H2,1H3. The van der Waals surface area contributed by atoms with Gasteiger partial charge in [-0.05, 0) is 24.1 Å². The van der Waals surface area contributed by atoms with E-state index in [-0.39, 0.29) is 16.3 Å². The topological polar surface area (TPSA) is 17.8 Å². The van der Waals surface area contributed by atoms with Crippen LogP contribution in [0.2, 0.25) is 10.0 Å². The molecule has 1 aromatic carbocycles. The average Bonchev–Trinajstić information content (AvgIpc) is 2.67. The molecule has 1 heterocycles. The summed E-state index contributed by atoms with van der Waals surface area (Å²) in [7, 11) is 1.10. The number of benzene rings is 1. The van der Waals surface area contributed by atoms with Crippen LogP contribution in [0.5, 0.6) is 0 Å². The van der Waals surface area contributed by atoms with E-state index in [1.54, 1.807) is 0 Å². The normalized spacial score (nSPS) is 12.0. The summed E-state index contributed by atoms with van der Waals surface area (Å²) in [5.74, 6) is -0.781. The quantitative estimate of drug-likeness (QED) is 0.475. The molecule has 0 bridgehead atoms. The fourth-order valence-electron chi connectivity index (χ4n) is 2.05. The van der Waals surface area contributed by atoms with Gasteiger partial charge in [0.2, 0.25) is 0 Å². The van der Waals surface area contributed by atoms with Crippen molar-refractivity contribution in [2.45, 2.75) is 12.6 Å². The van der Waals surface area contributed by atoms with Gasteiger partial charge in [0.25, 0.3) is 0 Å². The van der Waals surface area contributed by atoms with E-state index in [1.165, 1.54) is 6.07 Å². The SMILES string of the molecule is Cn1nc(-c2cc(CCBr)c(Cl)cc2F)c(Cl)c1C(F)(F)F. The maximum atomic E-state index is 14.1. The molecule has 2 rings (SSSR count). The van der Waals surface area contributed by atoms with Gasteiger partial charge < -0.3 is 0 Å². The minimum atomic E-state index is -4.68. The third-order valence-electron chi connectivity index (χ3n) is 3.01. The highest BCUT2D eigenvalue weighted by Crippen LogP contribution is 2.40. The number of hydrogen-bond donors (Lipinski definition) is 0. The summed E-state index contributed by atoms with van der Waals surface area (Å²) in [6, 6.07) is 2.42. The lowest BCUT2D eigenvalue weighted by Gasteiger charge is -2.08. The second-order valence-corrected chi connectivity index (χ2v) is 6.07. The van der Waals surface area contributed by atoms with Crippen LogP contribution in [0.4, 0.5) is 17.6 Å². The van der Waals surface area contributed by atoms with Crippen molar-refractivity contribution < 1.29 is 17.6 Å². The van der Waals surface area contributed by atoms with Crippen molar-refractivity contribution in [3.8, 4) is 11.3 Å². The molecule has 0 amide bonds. The maximum Gasteiger partial charge on any atom is 0.434 e. The smallest absolute Gasteiger partial charge is 0.262 e. The molecule has 0 fully saturated rings. The Morgan fingerprint density at radius 2 is 1.91 bits per heavy atom. The first kappa shape index (κ1) is 17.6. The monoisotopic (exact) mass is 418 g/mol. The van der Waals surface area contributed by atoms with E-state index in [9.17, 15) is 17.6 Å². The molecule has 0 saturated carbocycles. The Morgan fingerprint density at radius 3 is 2.41 bits per heavy atom. The van der Waals surface area contributed by atoms with Gasteiger partial charge in [-0.1, -0.05) is 39.1 Å². The van der Waals surface area contributed by atoms with Crippen molar-refractivity contribution >= 4 is 39.1 Å². The summed E-state index contributed by atoms with van der Waals surface area (Å²) in [6.07, 6.45) is -4.19. The zero-order valence-corrected chi connectivity index (χ0v) is 14.2. The lowest BCUT2D eigenvalue weighted by atomic mass is 10.1. The zero-order valence-electron chi connectivity index (χ0n) is 11.1. The van der Waals surface area contributed by atoms with Gasteiger partial charge in [-0.3, -0.25) is 4.68 Å². The van der Waals surface area contributed by atoms with Gasteiger partial charge in [-0.2, -0.15) is 18.3 Å².